The zero-order valence-corrected chi connectivity index (χ0v) is 20.6. The summed E-state index contributed by atoms with van der Waals surface area (Å²) in [5.74, 6) is 0.155. The zero-order chi connectivity index (χ0) is 26.2. The quantitative estimate of drug-likeness (QED) is 0.363. The van der Waals surface area contributed by atoms with Gasteiger partial charge in [0.25, 0.3) is 5.91 Å². The Morgan fingerprint density at radius 2 is 1.68 bits per heavy atom. The molecule has 4 aromatic rings. The van der Waals surface area contributed by atoms with Gasteiger partial charge in [-0.3, -0.25) is 9.69 Å². The molecule has 0 spiro atoms. The molecule has 3 heterocycles. The molecule has 1 aliphatic heterocycles. The third-order valence-corrected chi connectivity index (χ3v) is 6.55. The molecular formula is C26H23ClF3N5O2. The molecule has 1 fully saturated rings. The van der Waals surface area contributed by atoms with Crippen LogP contribution in [0.2, 0.25) is 5.02 Å². The van der Waals surface area contributed by atoms with Crippen LogP contribution < -0.4 is 4.74 Å². The minimum atomic E-state index is -4.69. The molecule has 2 aromatic carbocycles. The number of nitrogens with zero attached hydrogens (tertiary/aromatic N) is 5. The third kappa shape index (κ3) is 5.40. The minimum absolute atomic E-state index is 0.0506. The Kier molecular flexibility index (Phi) is 6.78. The first-order valence-corrected chi connectivity index (χ1v) is 12.0. The van der Waals surface area contributed by atoms with Crippen LogP contribution in [0.5, 0.6) is 5.75 Å². The van der Waals surface area contributed by atoms with E-state index in [4.69, 9.17) is 16.3 Å². The normalized spacial score (nSPS) is 14.8. The van der Waals surface area contributed by atoms with Gasteiger partial charge in [-0.25, -0.2) is 9.50 Å². The second-order valence-electron chi connectivity index (χ2n) is 8.75. The van der Waals surface area contributed by atoms with E-state index in [-0.39, 0.29) is 17.0 Å². The summed E-state index contributed by atoms with van der Waals surface area (Å²) in [5.41, 5.74) is 0.594. The lowest BCUT2D eigenvalue weighted by atomic mass is 10.1. The van der Waals surface area contributed by atoms with E-state index in [2.05, 4.69) is 15.0 Å². The molecule has 0 bridgehead atoms. The number of hydrogen-bond donors (Lipinski definition) is 0. The maximum Gasteiger partial charge on any atom is 0.433 e. The predicted molar refractivity (Wildman–Crippen MR) is 133 cm³/mol. The highest BCUT2D eigenvalue weighted by molar-refractivity contribution is 6.30. The number of methoxy groups -OCH3 is 1. The van der Waals surface area contributed by atoms with Gasteiger partial charge in [0.2, 0.25) is 0 Å². The molecule has 11 heteroatoms. The van der Waals surface area contributed by atoms with Crippen LogP contribution in [0.3, 0.4) is 0 Å². The summed E-state index contributed by atoms with van der Waals surface area (Å²) in [6.07, 6.45) is -4.69. The summed E-state index contributed by atoms with van der Waals surface area (Å²) >= 11 is 5.94. The number of carbonyl (C=O) groups excluding carboxylic acids is 1. The average molecular weight is 530 g/mol. The third-order valence-electron chi connectivity index (χ3n) is 6.30. The van der Waals surface area contributed by atoms with Gasteiger partial charge in [0.1, 0.15) is 5.75 Å². The number of rotatable bonds is 5. The van der Waals surface area contributed by atoms with Crippen molar-refractivity contribution in [2.45, 2.75) is 12.7 Å². The van der Waals surface area contributed by atoms with Crippen LogP contribution in [-0.2, 0) is 12.7 Å². The Morgan fingerprint density at radius 1 is 1.00 bits per heavy atom. The standard InChI is InChI=1S/C26H23ClF3N5O2/c1-37-20-8-4-18(5-9-20)21-14-23(26(28,29)30)35-24(31-21)15-22(32-35)25(36)34-12-10-33(11-13-34)16-17-2-6-19(27)7-3-17/h2-9,14-15H,10-13,16H2,1H3. The molecule has 1 aliphatic rings. The van der Waals surface area contributed by atoms with E-state index in [1.165, 1.54) is 13.2 Å². The Balaban J connectivity index is 1.36. The molecule has 0 atom stereocenters. The number of halogens is 4. The van der Waals surface area contributed by atoms with Gasteiger partial charge >= 0.3 is 6.18 Å². The fourth-order valence-electron chi connectivity index (χ4n) is 4.31. The van der Waals surface area contributed by atoms with Crippen LogP contribution in [-0.4, -0.2) is 63.6 Å². The van der Waals surface area contributed by atoms with Crippen molar-refractivity contribution in [3.8, 4) is 17.0 Å². The van der Waals surface area contributed by atoms with Crippen molar-refractivity contribution in [3.63, 3.8) is 0 Å². The lowest BCUT2D eigenvalue weighted by Gasteiger charge is -2.34. The summed E-state index contributed by atoms with van der Waals surface area (Å²) in [4.78, 5) is 21.3. The summed E-state index contributed by atoms with van der Waals surface area (Å²) in [6, 6.07) is 16.4. The second kappa shape index (κ2) is 10.0. The van der Waals surface area contributed by atoms with Crippen LogP contribution in [0.4, 0.5) is 13.2 Å². The highest BCUT2D eigenvalue weighted by Gasteiger charge is 2.36. The van der Waals surface area contributed by atoms with Crippen molar-refractivity contribution in [3.05, 3.63) is 82.6 Å². The maximum absolute atomic E-state index is 13.9. The number of ether oxygens (including phenoxy) is 1. The van der Waals surface area contributed by atoms with E-state index in [9.17, 15) is 18.0 Å². The number of piperazine rings is 1. The van der Waals surface area contributed by atoms with E-state index >= 15 is 0 Å². The van der Waals surface area contributed by atoms with Crippen molar-refractivity contribution < 1.29 is 22.7 Å². The number of benzene rings is 2. The van der Waals surface area contributed by atoms with E-state index in [1.807, 2.05) is 24.3 Å². The Hall–Kier alpha value is -3.63. The van der Waals surface area contributed by atoms with Gasteiger partial charge in [-0.2, -0.15) is 18.3 Å². The first-order valence-electron chi connectivity index (χ1n) is 11.6. The van der Waals surface area contributed by atoms with E-state index in [1.54, 1.807) is 29.2 Å². The second-order valence-corrected chi connectivity index (χ2v) is 9.18. The van der Waals surface area contributed by atoms with E-state index in [0.29, 0.717) is 47.0 Å². The fourth-order valence-corrected chi connectivity index (χ4v) is 4.44. The fraction of sp³-hybridized carbons (Fsp3) is 0.269. The van der Waals surface area contributed by atoms with Crippen LogP contribution in [0, 0.1) is 0 Å². The van der Waals surface area contributed by atoms with Gasteiger partial charge in [-0.1, -0.05) is 23.7 Å². The number of fused-ring (bicyclic) bond motifs is 1. The Morgan fingerprint density at radius 3 is 2.30 bits per heavy atom. The smallest absolute Gasteiger partial charge is 0.433 e. The van der Waals surface area contributed by atoms with Gasteiger partial charge in [0, 0.05) is 49.4 Å². The first kappa shape index (κ1) is 25.0. The number of hydrogen-bond acceptors (Lipinski definition) is 5. The molecule has 1 amide bonds. The predicted octanol–water partition coefficient (Wildman–Crippen LogP) is 5.04. The van der Waals surface area contributed by atoms with Gasteiger partial charge in [0.05, 0.1) is 12.8 Å². The van der Waals surface area contributed by atoms with Crippen LogP contribution in [0.25, 0.3) is 16.9 Å². The number of aromatic nitrogens is 3. The van der Waals surface area contributed by atoms with Crippen molar-refractivity contribution in [2.75, 3.05) is 33.3 Å². The van der Waals surface area contributed by atoms with Crippen LogP contribution >= 0.6 is 11.6 Å². The van der Waals surface area contributed by atoms with Gasteiger partial charge in [-0.05, 0) is 48.0 Å². The zero-order valence-electron chi connectivity index (χ0n) is 19.9. The van der Waals surface area contributed by atoms with E-state index < -0.39 is 17.8 Å². The van der Waals surface area contributed by atoms with Gasteiger partial charge < -0.3 is 9.64 Å². The summed E-state index contributed by atoms with van der Waals surface area (Å²) in [6.45, 7) is 2.87. The monoisotopic (exact) mass is 529 g/mol. The summed E-state index contributed by atoms with van der Waals surface area (Å²) < 4.78 is 47.6. The molecular weight excluding hydrogens is 507 g/mol. The van der Waals surface area contributed by atoms with Gasteiger partial charge in [0.15, 0.2) is 17.0 Å². The molecule has 0 aliphatic carbocycles. The van der Waals surface area contributed by atoms with Crippen molar-refractivity contribution in [1.29, 1.82) is 0 Å². The summed E-state index contributed by atoms with van der Waals surface area (Å²) in [5, 5.41) is 4.68. The highest BCUT2D eigenvalue weighted by Crippen LogP contribution is 2.33. The molecule has 5 rings (SSSR count). The average Bonchev–Trinajstić information content (AvgIpc) is 3.33. The Labute approximate surface area is 216 Å². The lowest BCUT2D eigenvalue weighted by molar-refractivity contribution is -0.142. The number of amides is 1. The minimum Gasteiger partial charge on any atom is -0.497 e. The van der Waals surface area contributed by atoms with Gasteiger partial charge in [-0.15, -0.1) is 0 Å². The molecule has 1 saturated heterocycles. The molecule has 0 unspecified atom stereocenters. The molecule has 0 saturated carbocycles. The highest BCUT2D eigenvalue weighted by atomic mass is 35.5. The maximum atomic E-state index is 13.9. The molecule has 7 nitrogen and oxygen atoms in total. The lowest BCUT2D eigenvalue weighted by Crippen LogP contribution is -2.48. The summed E-state index contributed by atoms with van der Waals surface area (Å²) in [7, 11) is 1.51. The molecule has 2 aromatic heterocycles. The van der Waals surface area contributed by atoms with Crippen molar-refractivity contribution >= 4 is 23.2 Å². The van der Waals surface area contributed by atoms with Crippen LogP contribution in [0.15, 0.2) is 60.7 Å². The van der Waals surface area contributed by atoms with Crippen LogP contribution in [0.1, 0.15) is 21.7 Å². The SMILES string of the molecule is COc1ccc(-c2cc(C(F)(F)F)n3nc(C(=O)N4CCN(Cc5ccc(Cl)cc5)CC4)cc3n2)cc1. The molecule has 0 radical (unpaired) electrons. The van der Waals surface area contributed by atoms with Crippen molar-refractivity contribution in [1.82, 2.24) is 24.4 Å². The number of alkyl halides is 3. The van der Waals surface area contributed by atoms with E-state index in [0.717, 1.165) is 18.2 Å². The Bertz CT molecular complexity index is 1410. The van der Waals surface area contributed by atoms with Crippen molar-refractivity contribution in [2.24, 2.45) is 0 Å². The first-order chi connectivity index (χ1) is 17.7. The molecule has 192 valence electrons. The number of carbonyl (C=O) groups is 1. The molecule has 37 heavy (non-hydrogen) atoms. The topological polar surface area (TPSA) is 63.0 Å². The largest absolute Gasteiger partial charge is 0.497 e. The molecule has 0 N–H and O–H groups in total.